The van der Waals surface area contributed by atoms with Gasteiger partial charge in [-0.2, -0.15) is 0 Å². The van der Waals surface area contributed by atoms with Gasteiger partial charge in [-0.25, -0.2) is 4.79 Å². The van der Waals surface area contributed by atoms with E-state index in [0.717, 1.165) is 11.3 Å². The highest BCUT2D eigenvalue weighted by Crippen LogP contribution is 2.32. The summed E-state index contributed by atoms with van der Waals surface area (Å²) in [5.74, 6) is -0.948. The summed E-state index contributed by atoms with van der Waals surface area (Å²) in [4.78, 5) is 38.3. The number of carbonyl (C=O) groups is 3. The van der Waals surface area contributed by atoms with E-state index in [4.69, 9.17) is 4.74 Å². The molecule has 2 aromatic carbocycles. The lowest BCUT2D eigenvalue weighted by Gasteiger charge is -2.29. The Labute approximate surface area is 171 Å². The second kappa shape index (κ2) is 9.37. The Bertz CT molecular complexity index is 900. The fourth-order valence-corrected chi connectivity index (χ4v) is 3.10. The molecule has 2 aromatic rings. The average Bonchev–Trinajstić information content (AvgIpc) is 2.67. The zero-order chi connectivity index (χ0) is 21.6. The van der Waals surface area contributed by atoms with Gasteiger partial charge in [0.1, 0.15) is 0 Å². The van der Waals surface area contributed by atoms with E-state index >= 15 is 0 Å². The number of benzene rings is 2. The molecule has 0 saturated heterocycles. The molecule has 0 aliphatic heterocycles. The van der Waals surface area contributed by atoms with E-state index < -0.39 is 5.97 Å². The maximum Gasteiger partial charge on any atom is 0.339 e. The number of esters is 1. The van der Waals surface area contributed by atoms with Crippen LogP contribution in [0.15, 0.2) is 48.5 Å². The molecule has 0 heterocycles. The third-order valence-electron chi connectivity index (χ3n) is 4.55. The van der Waals surface area contributed by atoms with E-state index in [1.165, 1.54) is 14.0 Å². The lowest BCUT2D eigenvalue weighted by Crippen LogP contribution is -2.34. The number of methoxy groups -OCH3 is 1. The molecule has 0 bridgehead atoms. The molecule has 29 heavy (non-hydrogen) atoms. The van der Waals surface area contributed by atoms with Crippen molar-refractivity contribution in [3.05, 3.63) is 59.7 Å². The summed E-state index contributed by atoms with van der Waals surface area (Å²) < 4.78 is 4.75. The van der Waals surface area contributed by atoms with Crippen LogP contribution in [0.3, 0.4) is 0 Å². The SMILES string of the molecule is COC(=O)c1ccccc1NC(=O)CCN(C(C)=O)c1ccccc1C(C)(C)C. The Hall–Kier alpha value is -3.15. The number of carbonyl (C=O) groups excluding carboxylic acids is 3. The fourth-order valence-electron chi connectivity index (χ4n) is 3.10. The number of amides is 2. The highest BCUT2D eigenvalue weighted by atomic mass is 16.5. The lowest BCUT2D eigenvalue weighted by molar-refractivity contribution is -0.117. The van der Waals surface area contributed by atoms with Crippen molar-refractivity contribution in [3.8, 4) is 0 Å². The van der Waals surface area contributed by atoms with Crippen molar-refractivity contribution >= 4 is 29.2 Å². The van der Waals surface area contributed by atoms with Crippen LogP contribution in [0, 0.1) is 0 Å². The topological polar surface area (TPSA) is 75.7 Å². The van der Waals surface area contributed by atoms with Crippen molar-refractivity contribution in [2.24, 2.45) is 0 Å². The molecule has 0 saturated carbocycles. The van der Waals surface area contributed by atoms with Crippen molar-refractivity contribution < 1.29 is 19.1 Å². The minimum Gasteiger partial charge on any atom is -0.465 e. The van der Waals surface area contributed by atoms with E-state index in [2.05, 4.69) is 26.1 Å². The molecule has 1 N–H and O–H groups in total. The van der Waals surface area contributed by atoms with E-state index in [1.54, 1.807) is 29.2 Å². The molecule has 0 spiro atoms. The largest absolute Gasteiger partial charge is 0.465 e. The van der Waals surface area contributed by atoms with Crippen molar-refractivity contribution in [2.45, 2.75) is 39.5 Å². The number of para-hydroxylation sites is 2. The van der Waals surface area contributed by atoms with Crippen LogP contribution in [-0.2, 0) is 19.7 Å². The summed E-state index contributed by atoms with van der Waals surface area (Å²) in [7, 11) is 1.29. The van der Waals surface area contributed by atoms with Crippen molar-refractivity contribution in [2.75, 3.05) is 23.9 Å². The number of hydrogen-bond donors (Lipinski definition) is 1. The number of nitrogens with zero attached hydrogens (tertiary/aromatic N) is 1. The third-order valence-corrected chi connectivity index (χ3v) is 4.55. The first-order chi connectivity index (χ1) is 13.6. The summed E-state index contributed by atoms with van der Waals surface area (Å²) in [6.45, 7) is 7.97. The predicted octanol–water partition coefficient (Wildman–Crippen LogP) is 4.15. The van der Waals surface area contributed by atoms with Gasteiger partial charge < -0.3 is 15.0 Å². The lowest BCUT2D eigenvalue weighted by atomic mass is 9.85. The molecule has 6 nitrogen and oxygen atoms in total. The van der Waals surface area contributed by atoms with Crippen molar-refractivity contribution in [3.63, 3.8) is 0 Å². The van der Waals surface area contributed by atoms with Gasteiger partial charge in [-0.1, -0.05) is 51.1 Å². The summed E-state index contributed by atoms with van der Waals surface area (Å²) in [6.07, 6.45) is 0.0908. The molecule has 0 radical (unpaired) electrons. The van der Waals surface area contributed by atoms with Crippen molar-refractivity contribution in [1.82, 2.24) is 0 Å². The maximum absolute atomic E-state index is 12.5. The minimum atomic E-state index is -0.523. The molecule has 0 fully saturated rings. The second-order valence-electron chi connectivity index (χ2n) is 7.77. The van der Waals surface area contributed by atoms with Gasteiger partial charge in [0.2, 0.25) is 11.8 Å². The van der Waals surface area contributed by atoms with E-state index in [9.17, 15) is 14.4 Å². The number of ether oxygens (including phenoxy) is 1. The van der Waals surface area contributed by atoms with Gasteiger partial charge in [0.15, 0.2) is 0 Å². The molecule has 6 heteroatoms. The van der Waals surface area contributed by atoms with E-state index in [1.807, 2.05) is 24.3 Å². The van der Waals surface area contributed by atoms with Crippen LogP contribution in [0.5, 0.6) is 0 Å². The molecule has 154 valence electrons. The van der Waals surface area contributed by atoms with E-state index in [-0.39, 0.29) is 35.8 Å². The van der Waals surface area contributed by atoms with Gasteiger partial charge in [0, 0.05) is 25.6 Å². The molecule has 2 rings (SSSR count). The summed E-state index contributed by atoms with van der Waals surface area (Å²) in [6, 6.07) is 14.4. The van der Waals surface area contributed by atoms with Gasteiger partial charge in [0.25, 0.3) is 0 Å². The monoisotopic (exact) mass is 396 g/mol. The fraction of sp³-hybridized carbons (Fsp3) is 0.348. The molecule has 0 unspecified atom stereocenters. The van der Waals surface area contributed by atoms with Crippen LogP contribution in [0.25, 0.3) is 0 Å². The van der Waals surface area contributed by atoms with Gasteiger partial charge >= 0.3 is 5.97 Å². The highest BCUT2D eigenvalue weighted by molar-refractivity contribution is 6.01. The quantitative estimate of drug-likeness (QED) is 0.744. The van der Waals surface area contributed by atoms with Gasteiger partial charge in [0.05, 0.1) is 18.4 Å². The number of anilines is 2. The van der Waals surface area contributed by atoms with Crippen LogP contribution in [0.4, 0.5) is 11.4 Å². The number of nitrogens with one attached hydrogen (secondary N) is 1. The summed E-state index contributed by atoms with van der Waals surface area (Å²) in [5, 5.41) is 2.74. The Kier molecular flexibility index (Phi) is 7.15. The van der Waals surface area contributed by atoms with Gasteiger partial charge in [-0.05, 0) is 29.2 Å². The standard InChI is InChI=1S/C23H28N2O4/c1-16(26)25(20-13-9-7-11-18(20)23(2,3)4)15-14-21(27)24-19-12-8-6-10-17(19)22(28)29-5/h6-13H,14-15H2,1-5H3,(H,24,27). The molecule has 0 aliphatic carbocycles. The number of rotatable bonds is 6. The maximum atomic E-state index is 12.5. The highest BCUT2D eigenvalue weighted by Gasteiger charge is 2.23. The molecular weight excluding hydrogens is 368 g/mol. The van der Waals surface area contributed by atoms with Crippen LogP contribution >= 0.6 is 0 Å². The second-order valence-corrected chi connectivity index (χ2v) is 7.77. The first-order valence-corrected chi connectivity index (χ1v) is 9.50. The van der Waals surface area contributed by atoms with E-state index in [0.29, 0.717) is 5.69 Å². The number of hydrogen-bond acceptors (Lipinski definition) is 4. The Balaban J connectivity index is 2.17. The van der Waals surface area contributed by atoms with Crippen LogP contribution in [0.1, 0.15) is 50.0 Å². The van der Waals surface area contributed by atoms with Crippen LogP contribution < -0.4 is 10.2 Å². The first-order valence-electron chi connectivity index (χ1n) is 9.50. The van der Waals surface area contributed by atoms with Gasteiger partial charge in [-0.3, -0.25) is 9.59 Å². The van der Waals surface area contributed by atoms with Crippen LogP contribution in [-0.4, -0.2) is 31.4 Å². The average molecular weight is 396 g/mol. The Morgan fingerprint density at radius 1 is 1.00 bits per heavy atom. The smallest absolute Gasteiger partial charge is 0.339 e. The molecule has 0 atom stereocenters. The molecule has 2 amide bonds. The third kappa shape index (κ3) is 5.67. The summed E-state index contributed by atoms with van der Waals surface area (Å²) in [5.41, 5.74) is 2.35. The molecule has 0 aliphatic rings. The van der Waals surface area contributed by atoms with Crippen molar-refractivity contribution in [1.29, 1.82) is 0 Å². The summed E-state index contributed by atoms with van der Waals surface area (Å²) >= 11 is 0. The Morgan fingerprint density at radius 3 is 2.24 bits per heavy atom. The molecular formula is C23H28N2O4. The first kappa shape index (κ1) is 22.1. The normalized spacial score (nSPS) is 10.9. The minimum absolute atomic E-state index is 0.0908. The predicted molar refractivity (Wildman–Crippen MR) is 114 cm³/mol. The molecule has 0 aromatic heterocycles. The van der Waals surface area contributed by atoms with Gasteiger partial charge in [-0.15, -0.1) is 0 Å². The van der Waals surface area contributed by atoms with Crippen LogP contribution in [0.2, 0.25) is 0 Å². The Morgan fingerprint density at radius 2 is 1.62 bits per heavy atom. The zero-order valence-corrected chi connectivity index (χ0v) is 17.6. The zero-order valence-electron chi connectivity index (χ0n) is 17.6.